The second kappa shape index (κ2) is 35.1. The third-order valence-electron chi connectivity index (χ3n) is 26.1. The lowest BCUT2D eigenvalue weighted by atomic mass is 9.97. The number of hydrogen-bond donors (Lipinski definition) is 0. The first-order valence-corrected chi connectivity index (χ1v) is 45.3. The van der Waals surface area contributed by atoms with Crippen molar-refractivity contribution in [2.24, 2.45) is 0 Å². The van der Waals surface area contributed by atoms with Crippen molar-refractivity contribution < 1.29 is 0 Å². The second-order valence-electron chi connectivity index (χ2n) is 33.9. The van der Waals surface area contributed by atoms with Crippen molar-refractivity contribution in [2.75, 3.05) is 9.80 Å². The van der Waals surface area contributed by atoms with Crippen LogP contribution in [0.1, 0.15) is 0 Å². The van der Waals surface area contributed by atoms with E-state index in [2.05, 4.69) is 553 Å². The number of benzene rings is 22. The van der Waals surface area contributed by atoms with Gasteiger partial charge in [0.15, 0.2) is 0 Å². The SMILES string of the molecule is c1ccc(-c2ccc(-n3c4ccccc4c4cc(-c5ccc(-c6ccc(N(c7ccc(-c8ccc9ccccc9c8)cc7)c7ccc(-c8cccc9ccccc89)cc7)cc6)cc5)ccc43)cc2)cc1.c1ccc(-c2ccc(N(c3ccc(-c4ccccc4)cc3)c3ccc(-c4ccc(-c5ccc6c(c5)c5ccccc5n6-c5ccc(-c6ccccc6)cc5)cc4)cc3)cc2)cc1. The van der Waals surface area contributed by atoms with Crippen LogP contribution in [0.4, 0.5) is 34.1 Å². The Morgan fingerprint density at radius 3 is 0.697 bits per heavy atom. The molecule has 24 aromatic rings. The molecule has 22 aromatic carbocycles. The van der Waals surface area contributed by atoms with E-state index in [1.54, 1.807) is 0 Å². The summed E-state index contributed by atoms with van der Waals surface area (Å²) in [6.45, 7) is 0. The Balaban J connectivity index is 0.000000151. The molecule has 0 aliphatic heterocycles. The van der Waals surface area contributed by atoms with Gasteiger partial charge in [0.1, 0.15) is 0 Å². The van der Waals surface area contributed by atoms with E-state index in [-0.39, 0.29) is 0 Å². The molecule has 0 bridgehead atoms. The zero-order valence-electron chi connectivity index (χ0n) is 72.6. The number of para-hydroxylation sites is 2. The van der Waals surface area contributed by atoms with Gasteiger partial charge >= 0.3 is 0 Å². The van der Waals surface area contributed by atoms with Gasteiger partial charge in [-0.1, -0.05) is 394 Å². The third-order valence-corrected chi connectivity index (χ3v) is 26.1. The molecule has 0 atom stereocenters. The second-order valence-corrected chi connectivity index (χ2v) is 33.9. The molecule has 0 aliphatic carbocycles. The van der Waals surface area contributed by atoms with E-state index >= 15 is 0 Å². The van der Waals surface area contributed by atoms with E-state index < -0.39 is 0 Å². The van der Waals surface area contributed by atoms with E-state index in [1.165, 1.54) is 176 Å². The van der Waals surface area contributed by atoms with Gasteiger partial charge in [0.25, 0.3) is 0 Å². The quantitative estimate of drug-likeness (QED) is 0.0851. The minimum atomic E-state index is 1.09. The van der Waals surface area contributed by atoms with Gasteiger partial charge in [0.2, 0.25) is 0 Å². The van der Waals surface area contributed by atoms with E-state index in [1.807, 2.05) is 0 Å². The van der Waals surface area contributed by atoms with Crippen LogP contribution in [0.2, 0.25) is 0 Å². The average Bonchev–Trinajstić information content (AvgIpc) is 1.59. The zero-order chi connectivity index (χ0) is 87.6. The van der Waals surface area contributed by atoms with Crippen molar-refractivity contribution >= 4 is 99.3 Å². The molecule has 2 heterocycles. The fourth-order valence-electron chi connectivity index (χ4n) is 19.2. The average molecular weight is 1680 g/mol. The van der Waals surface area contributed by atoms with Gasteiger partial charge in [-0.3, -0.25) is 0 Å². The highest BCUT2D eigenvalue weighted by Crippen LogP contribution is 2.45. The first-order chi connectivity index (χ1) is 65.4. The molecule has 0 radical (unpaired) electrons. The zero-order valence-corrected chi connectivity index (χ0v) is 72.6. The molecule has 4 heteroatoms. The van der Waals surface area contributed by atoms with Crippen molar-refractivity contribution in [1.29, 1.82) is 0 Å². The Morgan fingerprint density at radius 1 is 0.121 bits per heavy atom. The summed E-state index contributed by atoms with van der Waals surface area (Å²) in [5, 5.41) is 9.99. The fourth-order valence-corrected chi connectivity index (χ4v) is 19.2. The molecule has 2 aromatic heterocycles. The van der Waals surface area contributed by atoms with Gasteiger partial charge in [0.05, 0.1) is 22.1 Å². The standard InChI is InChI=1S/C68H46N2.C60H42N2/c1-2-11-47(12-3-1)50-29-40-62(41-30-50)70-67-20-9-8-18-65(67)66-46-58(35-44-68(66)70)52-23-21-49(22-24-52)51-27-36-59(37-28-51)69(60-38-31-53(32-39-60)57-26-25-48-13-4-5-15-56(48)45-57)61-42-33-55(34-43-61)64-19-10-16-54-14-6-7-17-63(54)64;1-4-12-43(13-5-1)47-24-33-53(34-25-47)61(54-35-26-48(27-36-54)44-14-6-2-7-15-44)55-37-28-50(29-38-55)46-20-22-51(23-21-46)52-32-41-60-58(42-52)57-18-10-11-19-59(57)62(60)56-39-30-49(31-40-56)45-16-8-3-9-17-45/h1-46H;1-42H. The molecule has 620 valence electrons. The first-order valence-electron chi connectivity index (χ1n) is 45.3. The van der Waals surface area contributed by atoms with Crippen LogP contribution in [0.3, 0.4) is 0 Å². The molecular weight excluding hydrogens is 1590 g/mol. The summed E-state index contributed by atoms with van der Waals surface area (Å²) in [7, 11) is 0. The van der Waals surface area contributed by atoms with Gasteiger partial charge in [0, 0.05) is 67.0 Å². The molecule has 0 fully saturated rings. The highest BCUT2D eigenvalue weighted by atomic mass is 15.1. The maximum absolute atomic E-state index is 2.39. The summed E-state index contributed by atoms with van der Waals surface area (Å²) in [5.41, 5.74) is 37.8. The lowest BCUT2D eigenvalue weighted by Gasteiger charge is -2.26. The summed E-state index contributed by atoms with van der Waals surface area (Å²) in [4.78, 5) is 4.69. The Kier molecular flexibility index (Phi) is 21.0. The van der Waals surface area contributed by atoms with Crippen molar-refractivity contribution in [3.63, 3.8) is 0 Å². The highest BCUT2D eigenvalue weighted by molar-refractivity contribution is 6.12. The normalized spacial score (nSPS) is 11.3. The predicted octanol–water partition coefficient (Wildman–Crippen LogP) is 35.5. The molecule has 0 spiro atoms. The molecule has 0 saturated carbocycles. The highest BCUT2D eigenvalue weighted by Gasteiger charge is 2.21. The van der Waals surface area contributed by atoms with Gasteiger partial charge in [-0.05, 0) is 272 Å². The molecule has 0 amide bonds. The van der Waals surface area contributed by atoms with Crippen LogP contribution in [0, 0.1) is 0 Å². The summed E-state index contributed by atoms with van der Waals surface area (Å²) >= 11 is 0. The number of rotatable bonds is 18. The lowest BCUT2D eigenvalue weighted by molar-refractivity contribution is 1.18. The lowest BCUT2D eigenvalue weighted by Crippen LogP contribution is -2.09. The monoisotopic (exact) mass is 1680 g/mol. The number of hydrogen-bond acceptors (Lipinski definition) is 2. The number of fused-ring (bicyclic) bond motifs is 8. The van der Waals surface area contributed by atoms with E-state index in [0.717, 1.165) is 45.5 Å². The van der Waals surface area contributed by atoms with Crippen molar-refractivity contribution in [3.05, 3.63) is 534 Å². The van der Waals surface area contributed by atoms with Gasteiger partial charge in [-0.25, -0.2) is 0 Å². The number of anilines is 6. The molecule has 0 aliphatic rings. The van der Waals surface area contributed by atoms with Crippen molar-refractivity contribution in [3.8, 4) is 123 Å². The fraction of sp³-hybridized carbons (Fsp3) is 0. The summed E-state index contributed by atoms with van der Waals surface area (Å²) in [6, 6.07) is 193. The van der Waals surface area contributed by atoms with Crippen LogP contribution in [0.15, 0.2) is 534 Å². The Bertz CT molecular complexity index is 8150. The first kappa shape index (κ1) is 79.2. The summed E-state index contributed by atoms with van der Waals surface area (Å²) < 4.78 is 4.77. The minimum absolute atomic E-state index is 1.09. The van der Waals surface area contributed by atoms with Gasteiger partial charge < -0.3 is 18.9 Å². The van der Waals surface area contributed by atoms with E-state index in [0.29, 0.717) is 0 Å². The Labute approximate surface area is 769 Å². The van der Waals surface area contributed by atoms with Crippen molar-refractivity contribution in [2.45, 2.75) is 0 Å². The minimum Gasteiger partial charge on any atom is -0.311 e. The van der Waals surface area contributed by atoms with E-state index in [9.17, 15) is 0 Å². The topological polar surface area (TPSA) is 16.3 Å². The Hall–Kier alpha value is -17.4. The number of aromatic nitrogens is 2. The largest absolute Gasteiger partial charge is 0.311 e. The number of nitrogens with zero attached hydrogens (tertiary/aromatic N) is 4. The predicted molar refractivity (Wildman–Crippen MR) is 560 cm³/mol. The maximum atomic E-state index is 2.39. The van der Waals surface area contributed by atoms with Crippen LogP contribution in [-0.4, -0.2) is 9.13 Å². The van der Waals surface area contributed by atoms with E-state index in [4.69, 9.17) is 0 Å². The molecular formula is C128H88N4. The van der Waals surface area contributed by atoms with Crippen LogP contribution in [0.25, 0.3) is 188 Å². The molecule has 24 rings (SSSR count). The van der Waals surface area contributed by atoms with Gasteiger partial charge in [-0.15, -0.1) is 0 Å². The Morgan fingerprint density at radius 2 is 0.348 bits per heavy atom. The molecule has 4 nitrogen and oxygen atoms in total. The smallest absolute Gasteiger partial charge is 0.0541 e. The van der Waals surface area contributed by atoms with Crippen LogP contribution >= 0.6 is 0 Å². The van der Waals surface area contributed by atoms with Crippen molar-refractivity contribution in [1.82, 2.24) is 9.13 Å². The molecule has 132 heavy (non-hydrogen) atoms. The van der Waals surface area contributed by atoms with Crippen LogP contribution in [-0.2, 0) is 0 Å². The third kappa shape index (κ3) is 15.6. The molecule has 0 N–H and O–H groups in total. The molecule has 0 unspecified atom stereocenters. The van der Waals surface area contributed by atoms with Crippen LogP contribution < -0.4 is 9.80 Å². The van der Waals surface area contributed by atoms with Crippen LogP contribution in [0.5, 0.6) is 0 Å². The summed E-state index contributed by atoms with van der Waals surface area (Å²) in [5.74, 6) is 0. The van der Waals surface area contributed by atoms with Gasteiger partial charge in [-0.2, -0.15) is 0 Å². The maximum Gasteiger partial charge on any atom is 0.0541 e. The summed E-state index contributed by atoms with van der Waals surface area (Å²) in [6.07, 6.45) is 0. The molecule has 0 saturated heterocycles.